The molecule has 2 aliphatic heterocycles. The first-order chi connectivity index (χ1) is 13.3. The number of likely N-dealkylation sites (tertiary alicyclic amines) is 1. The summed E-state index contributed by atoms with van der Waals surface area (Å²) in [4.78, 5) is 2.54. The fourth-order valence-electron chi connectivity index (χ4n) is 3.76. The predicted molar refractivity (Wildman–Crippen MR) is 102 cm³/mol. The molecule has 0 amide bonds. The van der Waals surface area contributed by atoms with Crippen molar-refractivity contribution in [2.24, 2.45) is 5.92 Å². The minimum atomic E-state index is -0.226. The number of hydrogen-bond donors (Lipinski definition) is 0. The molecule has 0 N–H and O–H groups in total. The standard InChI is InChI=1S/C22H26FNO3/c23-19-2-4-20(5-3-19)25-14-10-17-7-11-24(12-8-17)13-9-18-1-6-21-22(15-18)27-16-26-21/h1-6,15,17H,7-14,16H2. The van der Waals surface area contributed by atoms with E-state index in [0.29, 0.717) is 19.3 Å². The molecule has 0 saturated carbocycles. The van der Waals surface area contributed by atoms with Crippen molar-refractivity contribution >= 4 is 0 Å². The van der Waals surface area contributed by atoms with Crippen molar-refractivity contribution in [1.82, 2.24) is 4.90 Å². The van der Waals surface area contributed by atoms with E-state index in [2.05, 4.69) is 17.0 Å². The highest BCUT2D eigenvalue weighted by Crippen LogP contribution is 2.32. The molecule has 2 aliphatic rings. The summed E-state index contributed by atoms with van der Waals surface area (Å²) >= 11 is 0. The molecule has 0 aliphatic carbocycles. The Hall–Kier alpha value is -2.27. The zero-order valence-electron chi connectivity index (χ0n) is 15.5. The van der Waals surface area contributed by atoms with Crippen molar-refractivity contribution in [3.8, 4) is 17.2 Å². The third-order valence-corrected chi connectivity index (χ3v) is 5.47. The molecule has 4 nitrogen and oxygen atoms in total. The Balaban J connectivity index is 1.14. The van der Waals surface area contributed by atoms with Crippen LogP contribution in [0.1, 0.15) is 24.8 Å². The van der Waals surface area contributed by atoms with Gasteiger partial charge < -0.3 is 19.1 Å². The van der Waals surface area contributed by atoms with E-state index in [4.69, 9.17) is 14.2 Å². The highest BCUT2D eigenvalue weighted by Gasteiger charge is 2.19. The van der Waals surface area contributed by atoms with E-state index in [9.17, 15) is 4.39 Å². The average molecular weight is 371 g/mol. The minimum Gasteiger partial charge on any atom is -0.494 e. The number of rotatable bonds is 7. The summed E-state index contributed by atoms with van der Waals surface area (Å²) in [7, 11) is 0. The van der Waals surface area contributed by atoms with Gasteiger partial charge in [0.1, 0.15) is 11.6 Å². The number of piperidine rings is 1. The highest BCUT2D eigenvalue weighted by atomic mass is 19.1. The Morgan fingerprint density at radius 2 is 1.78 bits per heavy atom. The molecule has 1 saturated heterocycles. The topological polar surface area (TPSA) is 30.9 Å². The second kappa shape index (κ2) is 8.61. The van der Waals surface area contributed by atoms with Gasteiger partial charge in [-0.2, -0.15) is 0 Å². The third-order valence-electron chi connectivity index (χ3n) is 5.47. The smallest absolute Gasteiger partial charge is 0.231 e. The van der Waals surface area contributed by atoms with Crippen LogP contribution in [0.25, 0.3) is 0 Å². The van der Waals surface area contributed by atoms with Gasteiger partial charge in [0, 0.05) is 6.54 Å². The number of fused-ring (bicyclic) bond motifs is 1. The van der Waals surface area contributed by atoms with Crippen LogP contribution in [0.5, 0.6) is 17.2 Å². The summed E-state index contributed by atoms with van der Waals surface area (Å²) in [5.41, 5.74) is 1.30. The summed E-state index contributed by atoms with van der Waals surface area (Å²) in [5.74, 6) is 2.95. The van der Waals surface area contributed by atoms with Gasteiger partial charge >= 0.3 is 0 Å². The molecule has 1 fully saturated rings. The van der Waals surface area contributed by atoms with Crippen LogP contribution in [-0.4, -0.2) is 37.9 Å². The van der Waals surface area contributed by atoms with Crippen LogP contribution < -0.4 is 14.2 Å². The summed E-state index contributed by atoms with van der Waals surface area (Å²) in [5, 5.41) is 0. The number of hydrogen-bond acceptors (Lipinski definition) is 4. The number of benzene rings is 2. The summed E-state index contributed by atoms with van der Waals surface area (Å²) in [6, 6.07) is 12.5. The van der Waals surface area contributed by atoms with Gasteiger partial charge in [-0.1, -0.05) is 6.07 Å². The largest absolute Gasteiger partial charge is 0.494 e. The van der Waals surface area contributed by atoms with Gasteiger partial charge in [0.05, 0.1) is 6.61 Å². The molecule has 144 valence electrons. The molecule has 0 atom stereocenters. The fourth-order valence-corrected chi connectivity index (χ4v) is 3.76. The molecule has 0 radical (unpaired) electrons. The molecular weight excluding hydrogens is 345 g/mol. The maximum atomic E-state index is 12.9. The van der Waals surface area contributed by atoms with Gasteiger partial charge in [0.15, 0.2) is 11.5 Å². The van der Waals surface area contributed by atoms with Gasteiger partial charge in [-0.3, -0.25) is 0 Å². The Kier molecular flexibility index (Phi) is 5.78. The van der Waals surface area contributed by atoms with Crippen molar-refractivity contribution in [2.75, 3.05) is 33.0 Å². The maximum absolute atomic E-state index is 12.9. The summed E-state index contributed by atoms with van der Waals surface area (Å²) in [6.45, 7) is 4.40. The number of nitrogens with zero attached hydrogens (tertiary/aromatic N) is 1. The monoisotopic (exact) mass is 371 g/mol. The van der Waals surface area contributed by atoms with Crippen molar-refractivity contribution in [2.45, 2.75) is 25.7 Å². The van der Waals surface area contributed by atoms with Crippen LogP contribution in [-0.2, 0) is 6.42 Å². The first-order valence-electron chi connectivity index (χ1n) is 9.75. The molecule has 4 rings (SSSR count). The zero-order valence-corrected chi connectivity index (χ0v) is 15.5. The Bertz CT molecular complexity index is 742. The summed E-state index contributed by atoms with van der Waals surface area (Å²) < 4.78 is 29.4. The molecule has 2 aromatic carbocycles. The molecule has 2 heterocycles. The van der Waals surface area contributed by atoms with Crippen LogP contribution >= 0.6 is 0 Å². The highest BCUT2D eigenvalue weighted by molar-refractivity contribution is 5.44. The van der Waals surface area contributed by atoms with Crippen molar-refractivity contribution in [1.29, 1.82) is 0 Å². The molecule has 0 aromatic heterocycles. The average Bonchev–Trinajstić information content (AvgIpc) is 3.17. The first-order valence-corrected chi connectivity index (χ1v) is 9.75. The normalized spacial score (nSPS) is 17.2. The van der Waals surface area contributed by atoms with Crippen LogP contribution in [0.4, 0.5) is 4.39 Å². The van der Waals surface area contributed by atoms with Crippen molar-refractivity contribution in [3.05, 3.63) is 53.8 Å². The molecule has 5 heteroatoms. The minimum absolute atomic E-state index is 0.226. The van der Waals surface area contributed by atoms with E-state index in [1.807, 2.05) is 6.07 Å². The maximum Gasteiger partial charge on any atom is 0.231 e. The van der Waals surface area contributed by atoms with Crippen LogP contribution in [0, 0.1) is 11.7 Å². The molecular formula is C22H26FNO3. The van der Waals surface area contributed by atoms with Gasteiger partial charge in [-0.05, 0) is 86.7 Å². The van der Waals surface area contributed by atoms with Gasteiger partial charge in [-0.15, -0.1) is 0 Å². The zero-order chi connectivity index (χ0) is 18.5. The van der Waals surface area contributed by atoms with Gasteiger partial charge in [0.2, 0.25) is 6.79 Å². The molecule has 0 spiro atoms. The predicted octanol–water partition coefficient (Wildman–Crippen LogP) is 4.28. The SMILES string of the molecule is Fc1ccc(OCCC2CCN(CCc3ccc4c(c3)OCO4)CC2)cc1. The molecule has 2 aromatic rings. The second-order valence-electron chi connectivity index (χ2n) is 7.31. The van der Waals surface area contributed by atoms with Crippen LogP contribution in [0.2, 0.25) is 0 Å². The van der Waals surface area contributed by atoms with E-state index in [0.717, 1.165) is 49.7 Å². The Labute approximate surface area is 159 Å². The lowest BCUT2D eigenvalue weighted by atomic mass is 9.93. The quantitative estimate of drug-likeness (QED) is 0.727. The first kappa shape index (κ1) is 18.1. The van der Waals surface area contributed by atoms with Crippen molar-refractivity contribution < 1.29 is 18.6 Å². The van der Waals surface area contributed by atoms with Crippen molar-refractivity contribution in [3.63, 3.8) is 0 Å². The fraction of sp³-hybridized carbons (Fsp3) is 0.455. The molecule has 27 heavy (non-hydrogen) atoms. The van der Waals surface area contributed by atoms with Crippen LogP contribution in [0.3, 0.4) is 0 Å². The Morgan fingerprint density at radius 3 is 2.59 bits per heavy atom. The Morgan fingerprint density at radius 1 is 1.00 bits per heavy atom. The second-order valence-corrected chi connectivity index (χ2v) is 7.31. The van der Waals surface area contributed by atoms with E-state index < -0.39 is 0 Å². The van der Waals surface area contributed by atoms with E-state index >= 15 is 0 Å². The number of halogens is 1. The molecule has 0 unspecified atom stereocenters. The number of ether oxygens (including phenoxy) is 3. The van der Waals surface area contributed by atoms with Gasteiger partial charge in [0.25, 0.3) is 0 Å². The van der Waals surface area contributed by atoms with E-state index in [-0.39, 0.29) is 5.82 Å². The lowest BCUT2D eigenvalue weighted by molar-refractivity contribution is 0.164. The molecule has 0 bridgehead atoms. The lowest BCUT2D eigenvalue weighted by Crippen LogP contribution is -2.35. The third kappa shape index (κ3) is 4.92. The lowest BCUT2D eigenvalue weighted by Gasteiger charge is -2.32. The summed E-state index contributed by atoms with van der Waals surface area (Å²) in [6.07, 6.45) is 4.53. The van der Waals surface area contributed by atoms with E-state index in [1.54, 1.807) is 12.1 Å². The van der Waals surface area contributed by atoms with E-state index in [1.165, 1.54) is 30.5 Å². The van der Waals surface area contributed by atoms with Crippen LogP contribution in [0.15, 0.2) is 42.5 Å². The van der Waals surface area contributed by atoms with Gasteiger partial charge in [-0.25, -0.2) is 4.39 Å².